The van der Waals surface area contributed by atoms with E-state index in [2.05, 4.69) is 36.0 Å². The van der Waals surface area contributed by atoms with Crippen molar-refractivity contribution in [3.8, 4) is 0 Å². The normalized spacial score (nSPS) is 13.4. The van der Waals surface area contributed by atoms with E-state index in [4.69, 9.17) is 16.3 Å². The van der Waals surface area contributed by atoms with Crippen LogP contribution in [0.15, 0.2) is 5.38 Å². The molecule has 110 valence electrons. The Hall–Kier alpha value is -0.160. The van der Waals surface area contributed by atoms with Gasteiger partial charge in [-0.15, -0.1) is 22.9 Å². The van der Waals surface area contributed by atoms with Gasteiger partial charge in [-0.3, -0.25) is 4.90 Å². The van der Waals surface area contributed by atoms with Gasteiger partial charge in [0, 0.05) is 25.6 Å². The second kappa shape index (κ2) is 8.90. The molecule has 0 N–H and O–H groups in total. The van der Waals surface area contributed by atoms with Crippen LogP contribution in [0.4, 0.5) is 0 Å². The minimum atomic E-state index is 0.375. The first kappa shape index (κ1) is 16.9. The highest BCUT2D eigenvalue weighted by atomic mass is 35.5. The number of alkyl halides is 1. The molecule has 0 amide bonds. The Morgan fingerprint density at radius 3 is 2.68 bits per heavy atom. The molecule has 1 rings (SSSR count). The summed E-state index contributed by atoms with van der Waals surface area (Å²) in [7, 11) is 1.75. The van der Waals surface area contributed by atoms with Gasteiger partial charge in [0.15, 0.2) is 0 Å². The van der Waals surface area contributed by atoms with Gasteiger partial charge in [-0.05, 0) is 12.3 Å². The minimum absolute atomic E-state index is 0.375. The standard InChI is InChI=1S/C14H25ClN2OS/c1-5-13(14-16-12(8-15)10-19-14)17(6-7-18-4)9-11(2)3/h10-11,13H,5-9H2,1-4H3. The highest BCUT2D eigenvalue weighted by Crippen LogP contribution is 2.28. The molecule has 0 aliphatic rings. The first-order valence-electron chi connectivity index (χ1n) is 6.85. The monoisotopic (exact) mass is 304 g/mol. The van der Waals surface area contributed by atoms with E-state index in [1.54, 1.807) is 18.4 Å². The number of halogens is 1. The molecule has 19 heavy (non-hydrogen) atoms. The van der Waals surface area contributed by atoms with E-state index in [9.17, 15) is 0 Å². The lowest BCUT2D eigenvalue weighted by atomic mass is 10.1. The van der Waals surface area contributed by atoms with Crippen molar-refractivity contribution in [3.63, 3.8) is 0 Å². The van der Waals surface area contributed by atoms with E-state index in [-0.39, 0.29) is 0 Å². The van der Waals surface area contributed by atoms with Crippen molar-refractivity contribution in [2.24, 2.45) is 5.92 Å². The lowest BCUT2D eigenvalue weighted by Gasteiger charge is -2.31. The number of methoxy groups -OCH3 is 1. The summed E-state index contributed by atoms with van der Waals surface area (Å²) in [4.78, 5) is 7.12. The molecule has 0 aliphatic heterocycles. The maximum atomic E-state index is 5.85. The fourth-order valence-electron chi connectivity index (χ4n) is 2.18. The molecule has 5 heteroatoms. The molecule has 0 aliphatic carbocycles. The lowest BCUT2D eigenvalue weighted by molar-refractivity contribution is 0.107. The maximum Gasteiger partial charge on any atom is 0.110 e. The van der Waals surface area contributed by atoms with E-state index >= 15 is 0 Å². The highest BCUT2D eigenvalue weighted by molar-refractivity contribution is 7.09. The third-order valence-corrected chi connectivity index (χ3v) is 4.27. The molecule has 0 bridgehead atoms. The predicted octanol–water partition coefficient (Wildman–Crippen LogP) is 3.94. The molecule has 1 unspecified atom stereocenters. The number of hydrogen-bond acceptors (Lipinski definition) is 4. The zero-order valence-electron chi connectivity index (χ0n) is 12.4. The molecule has 1 aromatic rings. The van der Waals surface area contributed by atoms with Crippen LogP contribution in [0.25, 0.3) is 0 Å². The van der Waals surface area contributed by atoms with Gasteiger partial charge < -0.3 is 4.74 Å². The minimum Gasteiger partial charge on any atom is -0.383 e. The average Bonchev–Trinajstić information content (AvgIpc) is 2.84. The second-order valence-corrected chi connectivity index (χ2v) is 6.27. The van der Waals surface area contributed by atoms with Crippen molar-refractivity contribution >= 4 is 22.9 Å². The Morgan fingerprint density at radius 2 is 2.21 bits per heavy atom. The molecule has 0 aromatic carbocycles. The molecular weight excluding hydrogens is 280 g/mol. The third-order valence-electron chi connectivity index (χ3n) is 3.00. The quantitative estimate of drug-likeness (QED) is 0.646. The van der Waals surface area contributed by atoms with Crippen LogP contribution < -0.4 is 0 Å². The van der Waals surface area contributed by atoms with Crippen molar-refractivity contribution in [1.82, 2.24) is 9.88 Å². The zero-order valence-corrected chi connectivity index (χ0v) is 13.9. The Bertz CT molecular complexity index is 357. The van der Waals surface area contributed by atoms with Gasteiger partial charge in [0.25, 0.3) is 0 Å². The van der Waals surface area contributed by atoms with Gasteiger partial charge >= 0.3 is 0 Å². The molecule has 0 fully saturated rings. The van der Waals surface area contributed by atoms with E-state index in [1.807, 2.05) is 0 Å². The van der Waals surface area contributed by atoms with Crippen LogP contribution in [-0.2, 0) is 10.6 Å². The first-order chi connectivity index (χ1) is 9.12. The number of aromatic nitrogens is 1. The van der Waals surface area contributed by atoms with E-state index in [0.29, 0.717) is 17.8 Å². The van der Waals surface area contributed by atoms with Crippen LogP contribution in [0, 0.1) is 5.92 Å². The molecule has 0 saturated carbocycles. The van der Waals surface area contributed by atoms with Crippen molar-refractivity contribution < 1.29 is 4.74 Å². The summed E-state index contributed by atoms with van der Waals surface area (Å²) in [6.07, 6.45) is 1.06. The summed E-state index contributed by atoms with van der Waals surface area (Å²) in [5.41, 5.74) is 0.983. The van der Waals surface area contributed by atoms with E-state index in [1.165, 1.54) is 5.01 Å². The molecular formula is C14H25ClN2OS. The Labute approximate surface area is 125 Å². The van der Waals surface area contributed by atoms with Crippen molar-refractivity contribution in [2.45, 2.75) is 39.1 Å². The van der Waals surface area contributed by atoms with Crippen molar-refractivity contribution in [1.29, 1.82) is 0 Å². The summed E-state index contributed by atoms with van der Waals surface area (Å²) < 4.78 is 5.23. The number of thiazole rings is 1. The van der Waals surface area contributed by atoms with Gasteiger partial charge in [-0.1, -0.05) is 20.8 Å². The number of nitrogens with zero attached hydrogens (tertiary/aromatic N) is 2. The van der Waals surface area contributed by atoms with Gasteiger partial charge in [-0.25, -0.2) is 4.98 Å². The predicted molar refractivity (Wildman–Crippen MR) is 83.0 cm³/mol. The molecule has 3 nitrogen and oxygen atoms in total. The molecule has 1 atom stereocenters. The number of ether oxygens (including phenoxy) is 1. The largest absolute Gasteiger partial charge is 0.383 e. The summed E-state index contributed by atoms with van der Waals surface area (Å²) >= 11 is 7.56. The topological polar surface area (TPSA) is 25.4 Å². The Kier molecular flexibility index (Phi) is 7.91. The fourth-order valence-corrected chi connectivity index (χ4v) is 3.44. The summed E-state index contributed by atoms with van der Waals surface area (Å²) in [6, 6.07) is 0.375. The molecule has 0 spiro atoms. The first-order valence-corrected chi connectivity index (χ1v) is 8.27. The third kappa shape index (κ3) is 5.38. The SMILES string of the molecule is CCC(c1nc(CCl)cs1)N(CCOC)CC(C)C. The van der Waals surface area contributed by atoms with Crippen LogP contribution in [0.3, 0.4) is 0 Å². The van der Waals surface area contributed by atoms with Crippen LogP contribution >= 0.6 is 22.9 Å². The smallest absolute Gasteiger partial charge is 0.110 e. The van der Waals surface area contributed by atoms with Crippen LogP contribution in [-0.4, -0.2) is 36.7 Å². The van der Waals surface area contributed by atoms with Gasteiger partial charge in [0.1, 0.15) is 5.01 Å². The average molecular weight is 305 g/mol. The molecule has 0 radical (unpaired) electrons. The molecule has 1 aromatic heterocycles. The maximum absolute atomic E-state index is 5.85. The van der Waals surface area contributed by atoms with Gasteiger partial charge in [0.2, 0.25) is 0 Å². The second-order valence-electron chi connectivity index (χ2n) is 5.12. The zero-order chi connectivity index (χ0) is 14.3. The van der Waals surface area contributed by atoms with Crippen LogP contribution in [0.1, 0.15) is 43.9 Å². The lowest BCUT2D eigenvalue weighted by Crippen LogP contribution is -2.34. The summed E-state index contributed by atoms with van der Waals surface area (Å²) in [5.74, 6) is 1.13. The van der Waals surface area contributed by atoms with Crippen molar-refractivity contribution in [3.05, 3.63) is 16.1 Å². The number of hydrogen-bond donors (Lipinski definition) is 0. The Balaban J connectivity index is 2.81. The fraction of sp³-hybridized carbons (Fsp3) is 0.786. The van der Waals surface area contributed by atoms with Crippen LogP contribution in [0.2, 0.25) is 0 Å². The molecule has 0 saturated heterocycles. The number of rotatable bonds is 9. The van der Waals surface area contributed by atoms with E-state index < -0.39 is 0 Å². The molecule has 1 heterocycles. The Morgan fingerprint density at radius 1 is 1.47 bits per heavy atom. The van der Waals surface area contributed by atoms with Crippen LogP contribution in [0.5, 0.6) is 0 Å². The van der Waals surface area contributed by atoms with Crippen molar-refractivity contribution in [2.75, 3.05) is 26.8 Å². The van der Waals surface area contributed by atoms with Gasteiger partial charge in [-0.2, -0.15) is 0 Å². The van der Waals surface area contributed by atoms with Gasteiger partial charge in [0.05, 0.1) is 24.2 Å². The summed E-state index contributed by atoms with van der Waals surface area (Å²) in [5, 5.41) is 3.24. The van der Waals surface area contributed by atoms with E-state index in [0.717, 1.165) is 31.8 Å². The summed E-state index contributed by atoms with van der Waals surface area (Å²) in [6.45, 7) is 9.49. The highest BCUT2D eigenvalue weighted by Gasteiger charge is 2.22.